The summed E-state index contributed by atoms with van der Waals surface area (Å²) in [5, 5.41) is 0. The zero-order chi connectivity index (χ0) is 12.5. The van der Waals surface area contributed by atoms with E-state index in [9.17, 15) is 8.42 Å². The molecule has 1 saturated carbocycles. The highest BCUT2D eigenvalue weighted by atomic mass is 79.9. The standard InChI is InChI=1S/C9H11Br2NO3S2/c10-8-5-7(9(11)16-8)17(13,14)12-15-6-3-1-2-4-6/h5-6,12H,1-4H2. The summed E-state index contributed by atoms with van der Waals surface area (Å²) in [5.74, 6) is 0. The van der Waals surface area contributed by atoms with Gasteiger partial charge in [0.05, 0.1) is 13.7 Å². The summed E-state index contributed by atoms with van der Waals surface area (Å²) in [6.07, 6.45) is 4.03. The average Bonchev–Trinajstić information content (AvgIpc) is 2.85. The Bertz CT molecular complexity index is 494. The molecule has 2 rings (SSSR count). The van der Waals surface area contributed by atoms with Crippen molar-refractivity contribution in [1.29, 1.82) is 0 Å². The van der Waals surface area contributed by atoms with Crippen LogP contribution in [0.5, 0.6) is 0 Å². The molecule has 17 heavy (non-hydrogen) atoms. The second-order valence-electron chi connectivity index (χ2n) is 3.80. The molecule has 0 atom stereocenters. The molecule has 8 heteroatoms. The van der Waals surface area contributed by atoms with Gasteiger partial charge in [0.25, 0.3) is 10.0 Å². The van der Waals surface area contributed by atoms with Gasteiger partial charge in [-0.15, -0.1) is 11.3 Å². The third kappa shape index (κ3) is 3.51. The van der Waals surface area contributed by atoms with E-state index in [-0.39, 0.29) is 11.0 Å². The summed E-state index contributed by atoms with van der Waals surface area (Å²) >= 11 is 7.78. The molecule has 1 aromatic heterocycles. The zero-order valence-corrected chi connectivity index (χ0v) is 13.6. The smallest absolute Gasteiger partial charge is 0.264 e. The molecule has 1 aliphatic carbocycles. The minimum atomic E-state index is -3.60. The van der Waals surface area contributed by atoms with Crippen LogP contribution in [-0.2, 0) is 14.9 Å². The van der Waals surface area contributed by atoms with E-state index in [2.05, 4.69) is 36.7 Å². The molecule has 96 valence electrons. The first-order valence-corrected chi connectivity index (χ1v) is 9.00. The van der Waals surface area contributed by atoms with Gasteiger partial charge in [-0.3, -0.25) is 4.84 Å². The minimum Gasteiger partial charge on any atom is -0.284 e. The van der Waals surface area contributed by atoms with Crippen LogP contribution in [0.1, 0.15) is 25.7 Å². The zero-order valence-electron chi connectivity index (χ0n) is 8.78. The summed E-state index contributed by atoms with van der Waals surface area (Å²) in [5.41, 5.74) is 0. The Morgan fingerprint density at radius 2 is 2.00 bits per heavy atom. The topological polar surface area (TPSA) is 55.4 Å². The predicted molar refractivity (Wildman–Crippen MR) is 73.4 cm³/mol. The third-order valence-corrected chi connectivity index (χ3v) is 6.49. The van der Waals surface area contributed by atoms with E-state index in [1.807, 2.05) is 0 Å². The van der Waals surface area contributed by atoms with Crippen molar-refractivity contribution in [3.05, 3.63) is 13.6 Å². The van der Waals surface area contributed by atoms with Gasteiger partial charge in [-0.1, -0.05) is 17.7 Å². The molecule has 1 aromatic rings. The van der Waals surface area contributed by atoms with Crippen LogP contribution in [0.3, 0.4) is 0 Å². The lowest BCUT2D eigenvalue weighted by Gasteiger charge is -2.11. The number of sulfonamides is 1. The first-order valence-electron chi connectivity index (χ1n) is 5.11. The largest absolute Gasteiger partial charge is 0.284 e. The van der Waals surface area contributed by atoms with Crippen LogP contribution in [-0.4, -0.2) is 14.5 Å². The fraction of sp³-hybridized carbons (Fsp3) is 0.556. The third-order valence-electron chi connectivity index (χ3n) is 2.54. The van der Waals surface area contributed by atoms with Crippen molar-refractivity contribution in [3.8, 4) is 0 Å². The van der Waals surface area contributed by atoms with Gasteiger partial charge in [-0.25, -0.2) is 8.42 Å². The van der Waals surface area contributed by atoms with Gasteiger partial charge in [-0.05, 0) is 50.8 Å². The summed E-state index contributed by atoms with van der Waals surface area (Å²) < 4.78 is 25.2. The highest BCUT2D eigenvalue weighted by Gasteiger charge is 2.23. The Hall–Kier alpha value is 0.530. The van der Waals surface area contributed by atoms with Gasteiger partial charge in [0.15, 0.2) is 0 Å². The Balaban J connectivity index is 2.05. The SMILES string of the molecule is O=S(=O)(NOC1CCCC1)c1cc(Br)sc1Br. The molecule has 0 aliphatic heterocycles. The summed E-state index contributed by atoms with van der Waals surface area (Å²) in [6, 6.07) is 1.55. The van der Waals surface area contributed by atoms with Gasteiger partial charge in [0.1, 0.15) is 4.90 Å². The van der Waals surface area contributed by atoms with Crippen molar-refractivity contribution < 1.29 is 13.3 Å². The number of halogens is 2. The van der Waals surface area contributed by atoms with Crippen LogP contribution >= 0.6 is 43.2 Å². The van der Waals surface area contributed by atoms with Gasteiger partial charge in [0.2, 0.25) is 0 Å². The minimum absolute atomic E-state index is 0.00521. The Morgan fingerprint density at radius 1 is 1.35 bits per heavy atom. The average molecular weight is 405 g/mol. The molecule has 0 aromatic carbocycles. The van der Waals surface area contributed by atoms with E-state index in [0.717, 1.165) is 29.5 Å². The highest BCUT2D eigenvalue weighted by Crippen LogP contribution is 2.34. The molecule has 4 nitrogen and oxygen atoms in total. The van der Waals surface area contributed by atoms with Crippen molar-refractivity contribution in [3.63, 3.8) is 0 Å². The highest BCUT2D eigenvalue weighted by molar-refractivity contribution is 9.12. The van der Waals surface area contributed by atoms with Crippen molar-refractivity contribution >= 4 is 53.2 Å². The predicted octanol–water partition coefficient (Wildman–Crippen LogP) is 3.43. The number of thiophene rings is 1. The normalized spacial score (nSPS) is 17.8. The number of hydrogen-bond acceptors (Lipinski definition) is 4. The van der Waals surface area contributed by atoms with Crippen LogP contribution < -0.4 is 4.89 Å². The van der Waals surface area contributed by atoms with Gasteiger partial charge < -0.3 is 0 Å². The molecule has 0 amide bonds. The molecule has 0 spiro atoms. The first kappa shape index (κ1) is 14.0. The molecule has 0 bridgehead atoms. The molecular formula is C9H11Br2NO3S2. The summed E-state index contributed by atoms with van der Waals surface area (Å²) in [7, 11) is -3.60. The van der Waals surface area contributed by atoms with Crippen molar-refractivity contribution in [2.45, 2.75) is 36.7 Å². The van der Waals surface area contributed by atoms with Crippen molar-refractivity contribution in [1.82, 2.24) is 4.89 Å². The van der Waals surface area contributed by atoms with Crippen LogP contribution in [0, 0.1) is 0 Å². The van der Waals surface area contributed by atoms with Crippen LogP contribution in [0.4, 0.5) is 0 Å². The fourth-order valence-electron chi connectivity index (χ4n) is 1.69. The second kappa shape index (κ2) is 5.66. The molecule has 0 saturated heterocycles. The van der Waals surface area contributed by atoms with Crippen molar-refractivity contribution in [2.75, 3.05) is 0 Å². The summed E-state index contributed by atoms with van der Waals surface area (Å²) in [6.45, 7) is 0. The maximum Gasteiger partial charge on any atom is 0.264 e. The van der Waals surface area contributed by atoms with E-state index in [1.54, 1.807) is 6.07 Å². The van der Waals surface area contributed by atoms with Gasteiger partial charge in [0, 0.05) is 0 Å². The van der Waals surface area contributed by atoms with Crippen LogP contribution in [0.25, 0.3) is 0 Å². The molecule has 1 N–H and O–H groups in total. The lowest BCUT2D eigenvalue weighted by molar-refractivity contribution is 0.0223. The molecule has 0 unspecified atom stereocenters. The van der Waals surface area contributed by atoms with Crippen LogP contribution in [0.2, 0.25) is 0 Å². The lowest BCUT2D eigenvalue weighted by Crippen LogP contribution is -2.28. The molecule has 1 heterocycles. The molecular weight excluding hydrogens is 394 g/mol. The molecule has 0 radical (unpaired) electrons. The summed E-state index contributed by atoms with van der Waals surface area (Å²) in [4.78, 5) is 7.62. The maximum atomic E-state index is 11.9. The van der Waals surface area contributed by atoms with E-state index < -0.39 is 10.0 Å². The van der Waals surface area contributed by atoms with E-state index in [1.165, 1.54) is 11.3 Å². The first-order chi connectivity index (χ1) is 7.99. The Morgan fingerprint density at radius 3 is 2.53 bits per heavy atom. The van der Waals surface area contributed by atoms with Gasteiger partial charge >= 0.3 is 0 Å². The fourth-order valence-corrected chi connectivity index (χ4v) is 6.36. The van der Waals surface area contributed by atoms with E-state index in [0.29, 0.717) is 3.79 Å². The van der Waals surface area contributed by atoms with E-state index >= 15 is 0 Å². The second-order valence-corrected chi connectivity index (χ2v) is 9.16. The molecule has 1 fully saturated rings. The Kier molecular flexibility index (Phi) is 4.65. The number of rotatable bonds is 4. The monoisotopic (exact) mass is 403 g/mol. The van der Waals surface area contributed by atoms with Crippen molar-refractivity contribution in [2.24, 2.45) is 0 Å². The molecule has 1 aliphatic rings. The van der Waals surface area contributed by atoms with Gasteiger partial charge in [-0.2, -0.15) is 0 Å². The number of hydrogen-bond donors (Lipinski definition) is 1. The van der Waals surface area contributed by atoms with Crippen LogP contribution in [0.15, 0.2) is 18.5 Å². The number of nitrogens with one attached hydrogen (secondary N) is 1. The van der Waals surface area contributed by atoms with E-state index in [4.69, 9.17) is 4.84 Å². The maximum absolute atomic E-state index is 11.9. The lowest BCUT2D eigenvalue weighted by atomic mass is 10.3. The quantitative estimate of drug-likeness (QED) is 0.782. The Labute approximate surface area is 121 Å².